The third-order valence-corrected chi connectivity index (χ3v) is 3.05. The number of rotatable bonds is 4. The van der Waals surface area contributed by atoms with Gasteiger partial charge in [0, 0.05) is 13.6 Å². The van der Waals surface area contributed by atoms with Gasteiger partial charge in [-0.3, -0.25) is 9.69 Å². The van der Waals surface area contributed by atoms with Gasteiger partial charge in [0.15, 0.2) is 0 Å². The van der Waals surface area contributed by atoms with Gasteiger partial charge in [0.2, 0.25) is 5.91 Å². The van der Waals surface area contributed by atoms with Crippen LogP contribution in [-0.2, 0) is 16.0 Å². The largest absolute Gasteiger partial charge is 0.447 e. The maximum absolute atomic E-state index is 12.7. The third-order valence-electron chi connectivity index (χ3n) is 3.05. The SMILES string of the molecule is CN1C(=O)OCC1C(=O)NCCc1ccc(F)cc1. The van der Waals surface area contributed by atoms with Gasteiger partial charge in [0.1, 0.15) is 18.5 Å². The molecule has 0 aromatic heterocycles. The topological polar surface area (TPSA) is 58.6 Å². The molecule has 0 saturated carbocycles. The fraction of sp³-hybridized carbons (Fsp3) is 0.385. The molecule has 0 aliphatic carbocycles. The summed E-state index contributed by atoms with van der Waals surface area (Å²) in [5.74, 6) is -0.522. The summed E-state index contributed by atoms with van der Waals surface area (Å²) in [5, 5.41) is 2.73. The van der Waals surface area contributed by atoms with Gasteiger partial charge in [-0.05, 0) is 24.1 Å². The highest BCUT2D eigenvalue weighted by molar-refractivity contribution is 5.87. The van der Waals surface area contributed by atoms with Gasteiger partial charge in [-0.15, -0.1) is 0 Å². The molecule has 1 aromatic rings. The second kappa shape index (κ2) is 5.69. The Kier molecular flexibility index (Phi) is 3.99. The first-order valence-electron chi connectivity index (χ1n) is 5.99. The van der Waals surface area contributed by atoms with Crippen molar-refractivity contribution < 1.29 is 18.7 Å². The summed E-state index contributed by atoms with van der Waals surface area (Å²) < 4.78 is 17.5. The average molecular weight is 266 g/mol. The monoisotopic (exact) mass is 266 g/mol. The fourth-order valence-corrected chi connectivity index (χ4v) is 1.84. The average Bonchev–Trinajstić information content (AvgIpc) is 2.72. The Morgan fingerprint density at radius 1 is 1.47 bits per heavy atom. The zero-order valence-corrected chi connectivity index (χ0v) is 10.6. The van der Waals surface area contributed by atoms with E-state index in [1.54, 1.807) is 12.1 Å². The molecule has 2 amide bonds. The molecule has 2 rings (SSSR count). The van der Waals surface area contributed by atoms with Crippen LogP contribution in [0.4, 0.5) is 9.18 Å². The van der Waals surface area contributed by atoms with E-state index in [-0.39, 0.29) is 18.3 Å². The lowest BCUT2D eigenvalue weighted by molar-refractivity contribution is -0.124. The number of amides is 2. The number of benzene rings is 1. The summed E-state index contributed by atoms with van der Waals surface area (Å²) in [5.41, 5.74) is 0.939. The second-order valence-electron chi connectivity index (χ2n) is 4.37. The van der Waals surface area contributed by atoms with Crippen molar-refractivity contribution in [2.75, 3.05) is 20.2 Å². The highest BCUT2D eigenvalue weighted by Crippen LogP contribution is 2.09. The molecule has 5 nitrogen and oxygen atoms in total. The zero-order chi connectivity index (χ0) is 13.8. The Morgan fingerprint density at radius 2 is 2.16 bits per heavy atom. The Balaban J connectivity index is 1.78. The van der Waals surface area contributed by atoms with Gasteiger partial charge in [-0.1, -0.05) is 12.1 Å². The smallest absolute Gasteiger partial charge is 0.410 e. The fourth-order valence-electron chi connectivity index (χ4n) is 1.84. The van der Waals surface area contributed by atoms with Crippen LogP contribution in [0, 0.1) is 5.82 Å². The molecule has 6 heteroatoms. The Labute approximate surface area is 110 Å². The second-order valence-corrected chi connectivity index (χ2v) is 4.37. The third kappa shape index (κ3) is 3.21. The van der Waals surface area contributed by atoms with Gasteiger partial charge >= 0.3 is 6.09 Å². The molecule has 1 aromatic carbocycles. The standard InChI is InChI=1S/C13H15FN2O3/c1-16-11(8-19-13(16)18)12(17)15-7-6-9-2-4-10(14)5-3-9/h2-5,11H,6-8H2,1H3,(H,15,17). The molecular formula is C13H15FN2O3. The molecule has 0 bridgehead atoms. The molecule has 1 aliphatic rings. The number of likely N-dealkylation sites (N-methyl/N-ethyl adjacent to an activating group) is 1. The highest BCUT2D eigenvalue weighted by atomic mass is 19.1. The van der Waals surface area contributed by atoms with Crippen molar-refractivity contribution in [3.05, 3.63) is 35.6 Å². The van der Waals surface area contributed by atoms with Crippen molar-refractivity contribution in [1.29, 1.82) is 0 Å². The van der Waals surface area contributed by atoms with Crippen LogP contribution in [0.25, 0.3) is 0 Å². The summed E-state index contributed by atoms with van der Waals surface area (Å²) >= 11 is 0. The van der Waals surface area contributed by atoms with Gasteiger partial charge in [0.25, 0.3) is 0 Å². The first kappa shape index (κ1) is 13.3. The van der Waals surface area contributed by atoms with E-state index in [1.165, 1.54) is 24.1 Å². The van der Waals surface area contributed by atoms with E-state index in [2.05, 4.69) is 5.32 Å². The van der Waals surface area contributed by atoms with Gasteiger partial charge < -0.3 is 10.1 Å². The van der Waals surface area contributed by atoms with Crippen molar-refractivity contribution >= 4 is 12.0 Å². The zero-order valence-electron chi connectivity index (χ0n) is 10.6. The molecule has 19 heavy (non-hydrogen) atoms. The summed E-state index contributed by atoms with van der Waals surface area (Å²) in [6, 6.07) is 5.55. The molecule has 1 atom stereocenters. The molecule has 0 radical (unpaired) electrons. The van der Waals surface area contributed by atoms with Crippen molar-refractivity contribution in [3.8, 4) is 0 Å². The summed E-state index contributed by atoms with van der Waals surface area (Å²) in [6.45, 7) is 0.515. The minimum atomic E-state index is -0.569. The normalized spacial score (nSPS) is 18.3. The van der Waals surface area contributed by atoms with E-state index in [1.807, 2.05) is 0 Å². The van der Waals surface area contributed by atoms with Crippen LogP contribution in [0.1, 0.15) is 5.56 Å². The lowest BCUT2D eigenvalue weighted by atomic mass is 10.1. The summed E-state index contributed by atoms with van der Waals surface area (Å²) in [6.07, 6.45) is 0.121. The van der Waals surface area contributed by atoms with Crippen LogP contribution in [0.5, 0.6) is 0 Å². The Bertz CT molecular complexity index is 475. The molecule has 1 N–H and O–H groups in total. The van der Waals surface area contributed by atoms with Gasteiger partial charge in [-0.25, -0.2) is 9.18 Å². The number of cyclic esters (lactones) is 1. The van der Waals surface area contributed by atoms with Crippen LogP contribution in [0.2, 0.25) is 0 Å². The van der Waals surface area contributed by atoms with Crippen molar-refractivity contribution in [2.24, 2.45) is 0 Å². The van der Waals surface area contributed by atoms with Crippen LogP contribution in [-0.4, -0.2) is 43.1 Å². The molecule has 1 aliphatic heterocycles. The van der Waals surface area contributed by atoms with Crippen LogP contribution in [0.3, 0.4) is 0 Å². The van der Waals surface area contributed by atoms with Crippen molar-refractivity contribution in [3.63, 3.8) is 0 Å². The number of nitrogens with one attached hydrogen (secondary N) is 1. The van der Waals surface area contributed by atoms with Crippen molar-refractivity contribution in [1.82, 2.24) is 10.2 Å². The lowest BCUT2D eigenvalue weighted by Crippen LogP contribution is -2.44. The minimum absolute atomic E-state index is 0.0811. The predicted molar refractivity (Wildman–Crippen MR) is 66.0 cm³/mol. The number of halogens is 1. The first-order valence-corrected chi connectivity index (χ1v) is 5.99. The van der Waals surface area contributed by atoms with E-state index in [0.717, 1.165) is 5.56 Å². The molecule has 1 heterocycles. The number of ether oxygens (including phenoxy) is 1. The number of carbonyl (C=O) groups excluding carboxylic acids is 2. The molecule has 1 saturated heterocycles. The van der Waals surface area contributed by atoms with Crippen molar-refractivity contribution in [2.45, 2.75) is 12.5 Å². The molecule has 102 valence electrons. The number of carbonyl (C=O) groups is 2. The van der Waals surface area contributed by atoms with Gasteiger partial charge in [0.05, 0.1) is 0 Å². The summed E-state index contributed by atoms with van der Waals surface area (Å²) in [4.78, 5) is 24.2. The quantitative estimate of drug-likeness (QED) is 0.882. The van der Waals surface area contributed by atoms with E-state index in [4.69, 9.17) is 4.74 Å². The predicted octanol–water partition coefficient (Wildman–Crippen LogP) is 0.935. The number of hydrogen-bond donors (Lipinski definition) is 1. The molecule has 0 spiro atoms. The minimum Gasteiger partial charge on any atom is -0.447 e. The molecule has 1 unspecified atom stereocenters. The van der Waals surface area contributed by atoms with E-state index < -0.39 is 12.1 Å². The van der Waals surface area contributed by atoms with E-state index in [0.29, 0.717) is 13.0 Å². The lowest BCUT2D eigenvalue weighted by Gasteiger charge is -2.15. The van der Waals surface area contributed by atoms with Crippen LogP contribution < -0.4 is 5.32 Å². The summed E-state index contributed by atoms with van der Waals surface area (Å²) in [7, 11) is 1.53. The van der Waals surface area contributed by atoms with Crippen LogP contribution in [0.15, 0.2) is 24.3 Å². The molecule has 1 fully saturated rings. The highest BCUT2D eigenvalue weighted by Gasteiger charge is 2.34. The van der Waals surface area contributed by atoms with E-state index >= 15 is 0 Å². The number of nitrogens with zero attached hydrogens (tertiary/aromatic N) is 1. The van der Waals surface area contributed by atoms with Gasteiger partial charge in [-0.2, -0.15) is 0 Å². The van der Waals surface area contributed by atoms with Crippen LogP contribution >= 0.6 is 0 Å². The Morgan fingerprint density at radius 3 is 2.74 bits per heavy atom. The maximum Gasteiger partial charge on any atom is 0.410 e. The maximum atomic E-state index is 12.7. The van der Waals surface area contributed by atoms with E-state index in [9.17, 15) is 14.0 Å². The number of hydrogen-bond acceptors (Lipinski definition) is 3. The first-order chi connectivity index (χ1) is 9.08. The molecular weight excluding hydrogens is 251 g/mol. The Hall–Kier alpha value is -2.11.